The van der Waals surface area contributed by atoms with Crippen LogP contribution in [0, 0.1) is 0 Å². The number of nitrogens with zero attached hydrogens (tertiary/aromatic N) is 1. The minimum absolute atomic E-state index is 0.0826. The number of hydrogen-bond acceptors (Lipinski definition) is 3. The highest BCUT2D eigenvalue weighted by atomic mass is 32.1. The number of cyclic esters (lactones) is 1. The lowest BCUT2D eigenvalue weighted by atomic mass is 10.1. The molecule has 0 spiro atoms. The highest BCUT2D eigenvalue weighted by molar-refractivity contribution is 7.08. The Hall–Kier alpha value is -1.03. The van der Waals surface area contributed by atoms with Gasteiger partial charge in [0.15, 0.2) is 0 Å². The van der Waals surface area contributed by atoms with E-state index in [2.05, 4.69) is 6.92 Å². The van der Waals surface area contributed by atoms with Gasteiger partial charge in [-0.3, -0.25) is 4.90 Å². The third-order valence-electron chi connectivity index (χ3n) is 3.07. The smallest absolute Gasteiger partial charge is 0.414 e. The lowest BCUT2D eigenvalue weighted by molar-refractivity contribution is 0.135. The molecule has 0 radical (unpaired) electrons. The van der Waals surface area contributed by atoms with E-state index in [9.17, 15) is 4.79 Å². The Bertz CT molecular complexity index is 350. The van der Waals surface area contributed by atoms with Crippen LogP contribution < -0.4 is 4.90 Å². The number of carbonyl (C=O) groups excluding carboxylic acids is 1. The third kappa shape index (κ3) is 3.22. The zero-order valence-electron chi connectivity index (χ0n) is 10.2. The second kappa shape index (κ2) is 6.05. The van der Waals surface area contributed by atoms with Gasteiger partial charge in [0.05, 0.1) is 12.2 Å². The first-order valence-electron chi connectivity index (χ1n) is 6.31. The van der Waals surface area contributed by atoms with Gasteiger partial charge in [-0.25, -0.2) is 4.79 Å². The fourth-order valence-corrected chi connectivity index (χ4v) is 2.73. The number of anilines is 1. The van der Waals surface area contributed by atoms with Crippen LogP contribution in [-0.4, -0.2) is 18.7 Å². The van der Waals surface area contributed by atoms with Crippen molar-refractivity contribution < 1.29 is 9.53 Å². The summed E-state index contributed by atoms with van der Waals surface area (Å²) in [6.45, 7) is 2.91. The Morgan fingerprint density at radius 2 is 2.35 bits per heavy atom. The number of carbonyl (C=O) groups is 1. The standard InChI is InChI=1S/C13H19NO2S/c1-2-3-4-5-6-12-9-14(13(15)16-12)11-7-8-17-10-11/h7-8,10,12H,2-6,9H2,1H3/t12-/m0/s1. The second-order valence-electron chi connectivity index (χ2n) is 4.45. The molecule has 1 fully saturated rings. The Kier molecular flexibility index (Phi) is 4.42. The van der Waals surface area contributed by atoms with E-state index in [-0.39, 0.29) is 12.2 Å². The quantitative estimate of drug-likeness (QED) is 0.716. The molecule has 1 aliphatic rings. The molecule has 0 N–H and O–H groups in total. The van der Waals surface area contributed by atoms with Crippen molar-refractivity contribution in [3.8, 4) is 0 Å². The number of rotatable bonds is 6. The summed E-state index contributed by atoms with van der Waals surface area (Å²) >= 11 is 1.60. The van der Waals surface area contributed by atoms with Crippen LogP contribution in [0.2, 0.25) is 0 Å². The van der Waals surface area contributed by atoms with Gasteiger partial charge in [-0.05, 0) is 24.3 Å². The molecule has 2 rings (SSSR count). The molecule has 94 valence electrons. The Morgan fingerprint density at radius 3 is 3.06 bits per heavy atom. The fraction of sp³-hybridized carbons (Fsp3) is 0.615. The largest absolute Gasteiger partial charge is 0.444 e. The summed E-state index contributed by atoms with van der Waals surface area (Å²) in [5.41, 5.74) is 0.969. The summed E-state index contributed by atoms with van der Waals surface area (Å²) in [5.74, 6) is 0. The first-order chi connectivity index (χ1) is 8.31. The summed E-state index contributed by atoms with van der Waals surface area (Å²) in [5, 5.41) is 3.97. The fourth-order valence-electron chi connectivity index (χ4n) is 2.09. The highest BCUT2D eigenvalue weighted by Gasteiger charge is 2.31. The lowest BCUT2D eigenvalue weighted by Gasteiger charge is -2.10. The molecule has 1 aromatic rings. The van der Waals surface area contributed by atoms with Crippen molar-refractivity contribution in [3.05, 3.63) is 16.8 Å². The van der Waals surface area contributed by atoms with Gasteiger partial charge < -0.3 is 4.74 Å². The molecule has 0 aliphatic carbocycles. The van der Waals surface area contributed by atoms with E-state index in [1.54, 1.807) is 16.2 Å². The maximum Gasteiger partial charge on any atom is 0.414 e. The molecule has 1 aromatic heterocycles. The second-order valence-corrected chi connectivity index (χ2v) is 5.23. The molecular weight excluding hydrogens is 234 g/mol. The van der Waals surface area contributed by atoms with Gasteiger partial charge in [0.1, 0.15) is 6.10 Å². The van der Waals surface area contributed by atoms with Gasteiger partial charge in [-0.2, -0.15) is 11.3 Å². The van der Waals surface area contributed by atoms with Crippen LogP contribution in [0.15, 0.2) is 16.8 Å². The van der Waals surface area contributed by atoms with Crippen LogP contribution >= 0.6 is 11.3 Å². The molecule has 3 nitrogen and oxygen atoms in total. The van der Waals surface area contributed by atoms with Crippen molar-refractivity contribution in [2.75, 3.05) is 11.4 Å². The van der Waals surface area contributed by atoms with E-state index < -0.39 is 0 Å². The average molecular weight is 253 g/mol. The Labute approximate surface area is 106 Å². The molecule has 0 saturated carbocycles. The van der Waals surface area contributed by atoms with Crippen LogP contribution in [0.25, 0.3) is 0 Å². The summed E-state index contributed by atoms with van der Waals surface area (Å²) in [6.07, 6.45) is 5.79. The Morgan fingerprint density at radius 1 is 1.47 bits per heavy atom. The van der Waals surface area contributed by atoms with E-state index in [1.165, 1.54) is 19.3 Å². The average Bonchev–Trinajstić information content (AvgIpc) is 2.93. The summed E-state index contributed by atoms with van der Waals surface area (Å²) in [6, 6.07) is 1.96. The number of amides is 1. The molecule has 17 heavy (non-hydrogen) atoms. The number of thiophene rings is 1. The maximum absolute atomic E-state index is 11.7. The molecule has 0 aromatic carbocycles. The summed E-state index contributed by atoms with van der Waals surface area (Å²) in [4.78, 5) is 13.4. The minimum atomic E-state index is -0.191. The molecule has 2 heterocycles. The number of ether oxygens (including phenoxy) is 1. The van der Waals surface area contributed by atoms with Crippen LogP contribution in [0.5, 0.6) is 0 Å². The highest BCUT2D eigenvalue weighted by Crippen LogP contribution is 2.25. The predicted molar refractivity (Wildman–Crippen MR) is 70.7 cm³/mol. The molecule has 0 unspecified atom stereocenters. The van der Waals surface area contributed by atoms with E-state index >= 15 is 0 Å². The van der Waals surface area contributed by atoms with Crippen molar-refractivity contribution in [1.29, 1.82) is 0 Å². The van der Waals surface area contributed by atoms with Gasteiger partial charge in [0.2, 0.25) is 0 Å². The minimum Gasteiger partial charge on any atom is -0.444 e. The van der Waals surface area contributed by atoms with E-state index in [0.717, 1.165) is 18.5 Å². The molecule has 4 heteroatoms. The van der Waals surface area contributed by atoms with Crippen LogP contribution in [-0.2, 0) is 4.74 Å². The van der Waals surface area contributed by atoms with Gasteiger partial charge in [-0.15, -0.1) is 0 Å². The van der Waals surface area contributed by atoms with Crippen molar-refractivity contribution in [3.63, 3.8) is 0 Å². The van der Waals surface area contributed by atoms with Crippen LogP contribution in [0.3, 0.4) is 0 Å². The Balaban J connectivity index is 1.79. The van der Waals surface area contributed by atoms with Crippen molar-refractivity contribution in [2.45, 2.75) is 45.1 Å². The molecule has 1 saturated heterocycles. The van der Waals surface area contributed by atoms with Crippen molar-refractivity contribution in [2.24, 2.45) is 0 Å². The molecule has 1 atom stereocenters. The van der Waals surface area contributed by atoms with E-state index in [0.29, 0.717) is 6.54 Å². The number of hydrogen-bond donors (Lipinski definition) is 0. The van der Waals surface area contributed by atoms with E-state index in [1.807, 2.05) is 16.8 Å². The van der Waals surface area contributed by atoms with E-state index in [4.69, 9.17) is 4.74 Å². The van der Waals surface area contributed by atoms with Crippen LogP contribution in [0.4, 0.5) is 10.5 Å². The topological polar surface area (TPSA) is 29.5 Å². The zero-order valence-corrected chi connectivity index (χ0v) is 11.0. The predicted octanol–water partition coefficient (Wildman–Crippen LogP) is 4.04. The molecule has 0 bridgehead atoms. The molecule has 1 aliphatic heterocycles. The summed E-state index contributed by atoms with van der Waals surface area (Å²) in [7, 11) is 0. The zero-order chi connectivity index (χ0) is 12.1. The van der Waals surface area contributed by atoms with Gasteiger partial charge >= 0.3 is 6.09 Å². The summed E-state index contributed by atoms with van der Waals surface area (Å²) < 4.78 is 5.37. The number of unbranched alkanes of at least 4 members (excludes halogenated alkanes) is 3. The monoisotopic (exact) mass is 253 g/mol. The van der Waals surface area contributed by atoms with Gasteiger partial charge in [0.25, 0.3) is 0 Å². The van der Waals surface area contributed by atoms with Gasteiger partial charge in [0, 0.05) is 5.38 Å². The van der Waals surface area contributed by atoms with Gasteiger partial charge in [-0.1, -0.05) is 26.2 Å². The lowest BCUT2D eigenvalue weighted by Crippen LogP contribution is -2.23. The first kappa shape index (κ1) is 12.4. The SMILES string of the molecule is CCCCCC[C@H]1CN(c2ccsc2)C(=O)O1. The first-order valence-corrected chi connectivity index (χ1v) is 7.26. The van der Waals surface area contributed by atoms with Crippen LogP contribution in [0.1, 0.15) is 39.0 Å². The molecular formula is C13H19NO2S. The third-order valence-corrected chi connectivity index (χ3v) is 3.74. The molecule has 1 amide bonds. The van der Waals surface area contributed by atoms with Crippen molar-refractivity contribution in [1.82, 2.24) is 0 Å². The van der Waals surface area contributed by atoms with Crippen molar-refractivity contribution >= 4 is 23.1 Å². The maximum atomic E-state index is 11.7. The normalized spacial score (nSPS) is 19.7.